The molecule has 1 aliphatic carbocycles. The molecule has 1 heterocycles. The minimum atomic E-state index is -0.991. The second-order valence-electron chi connectivity index (χ2n) is 4.17. The zero-order valence-corrected chi connectivity index (χ0v) is 10.1. The number of nitrogens with zero attached hydrogens (tertiary/aromatic N) is 1. The summed E-state index contributed by atoms with van der Waals surface area (Å²) in [5, 5.41) is 12.1. The van der Waals surface area contributed by atoms with Crippen molar-refractivity contribution >= 4 is 23.2 Å². The molecule has 1 fully saturated rings. The van der Waals surface area contributed by atoms with Gasteiger partial charge in [0.1, 0.15) is 9.88 Å². The van der Waals surface area contributed by atoms with Crippen molar-refractivity contribution in [1.82, 2.24) is 10.3 Å². The third kappa shape index (κ3) is 2.45. The molecular formula is C10H13N3O3S. The molecule has 1 saturated carbocycles. The van der Waals surface area contributed by atoms with Gasteiger partial charge in [-0.2, -0.15) is 0 Å². The van der Waals surface area contributed by atoms with E-state index in [9.17, 15) is 9.59 Å². The molecule has 0 unspecified atom stereocenters. The van der Waals surface area contributed by atoms with E-state index in [1.807, 2.05) is 0 Å². The number of rotatable bonds is 4. The molecule has 1 aromatic heterocycles. The van der Waals surface area contributed by atoms with Crippen molar-refractivity contribution in [3.63, 3.8) is 0 Å². The topological polar surface area (TPSA) is 105 Å². The number of amides is 1. The van der Waals surface area contributed by atoms with Gasteiger partial charge in [-0.1, -0.05) is 0 Å². The van der Waals surface area contributed by atoms with Crippen LogP contribution >= 0.6 is 11.3 Å². The number of aromatic carboxylic acids is 1. The van der Waals surface area contributed by atoms with Crippen molar-refractivity contribution in [2.45, 2.75) is 31.8 Å². The maximum absolute atomic E-state index is 11.6. The molecule has 0 atom stereocenters. The maximum atomic E-state index is 11.6. The molecule has 92 valence electrons. The lowest BCUT2D eigenvalue weighted by Crippen LogP contribution is -2.42. The normalized spacial score (nSPS) is 16.6. The van der Waals surface area contributed by atoms with Crippen LogP contribution in [0.3, 0.4) is 0 Å². The van der Waals surface area contributed by atoms with E-state index in [1.165, 1.54) is 0 Å². The zero-order chi connectivity index (χ0) is 12.6. The number of thiazole rings is 1. The lowest BCUT2D eigenvalue weighted by molar-refractivity contribution is -0.123. The fourth-order valence-electron chi connectivity index (χ4n) is 1.42. The molecule has 6 nitrogen and oxygen atoms in total. The highest BCUT2D eigenvalue weighted by Gasteiger charge is 2.45. The van der Waals surface area contributed by atoms with Crippen molar-refractivity contribution in [2.24, 2.45) is 5.73 Å². The quantitative estimate of drug-likeness (QED) is 0.715. The Balaban J connectivity index is 1.97. The Morgan fingerprint density at radius 3 is 2.71 bits per heavy atom. The van der Waals surface area contributed by atoms with Crippen LogP contribution in [0.5, 0.6) is 0 Å². The molecule has 0 radical (unpaired) electrons. The minimum Gasteiger partial charge on any atom is -0.477 e. The lowest BCUT2D eigenvalue weighted by Gasteiger charge is -2.07. The van der Waals surface area contributed by atoms with Crippen molar-refractivity contribution in [3.8, 4) is 0 Å². The standard InChI is InChI=1S/C10H13N3O3S/c1-5-7(8(14)15)17-6(13-5)4-12-9(16)10(11)2-3-10/h2-4,11H2,1H3,(H,12,16)(H,14,15). The maximum Gasteiger partial charge on any atom is 0.347 e. The number of nitrogens with two attached hydrogens (primary N) is 1. The van der Waals surface area contributed by atoms with Gasteiger partial charge in [0.15, 0.2) is 0 Å². The predicted octanol–water partition coefficient (Wildman–Crippen LogP) is 0.257. The number of carbonyl (C=O) groups excluding carboxylic acids is 1. The third-order valence-corrected chi connectivity index (χ3v) is 3.82. The van der Waals surface area contributed by atoms with Crippen LogP contribution in [0, 0.1) is 6.92 Å². The van der Waals surface area contributed by atoms with Gasteiger partial charge in [-0.05, 0) is 19.8 Å². The summed E-state index contributed by atoms with van der Waals surface area (Å²) in [5.74, 6) is -1.18. The zero-order valence-electron chi connectivity index (χ0n) is 9.32. The molecule has 0 spiro atoms. The SMILES string of the molecule is Cc1nc(CNC(=O)C2(N)CC2)sc1C(=O)O. The van der Waals surface area contributed by atoms with Crippen LogP contribution < -0.4 is 11.1 Å². The summed E-state index contributed by atoms with van der Waals surface area (Å²) in [6.45, 7) is 1.87. The highest BCUT2D eigenvalue weighted by Crippen LogP contribution is 2.32. The summed E-state index contributed by atoms with van der Waals surface area (Å²) in [4.78, 5) is 26.7. The first kappa shape index (κ1) is 12.0. The fraction of sp³-hybridized carbons (Fsp3) is 0.500. The van der Waals surface area contributed by atoms with Crippen molar-refractivity contribution in [2.75, 3.05) is 0 Å². The van der Waals surface area contributed by atoms with Gasteiger partial charge < -0.3 is 16.2 Å². The number of hydrogen-bond donors (Lipinski definition) is 3. The number of aromatic nitrogens is 1. The number of hydrogen-bond acceptors (Lipinski definition) is 5. The van der Waals surface area contributed by atoms with Crippen LogP contribution in [0.15, 0.2) is 0 Å². The van der Waals surface area contributed by atoms with Crippen LogP contribution in [0.4, 0.5) is 0 Å². The molecule has 1 amide bonds. The van der Waals surface area contributed by atoms with Gasteiger partial charge >= 0.3 is 5.97 Å². The van der Waals surface area contributed by atoms with E-state index in [1.54, 1.807) is 6.92 Å². The predicted molar refractivity (Wildman–Crippen MR) is 61.8 cm³/mol. The first-order valence-electron chi connectivity index (χ1n) is 5.19. The molecular weight excluding hydrogens is 242 g/mol. The molecule has 0 aliphatic heterocycles. The average Bonchev–Trinajstić information content (AvgIpc) is 2.88. The Kier molecular flexibility index (Phi) is 2.88. The second kappa shape index (κ2) is 4.08. The molecule has 1 aliphatic rings. The number of carbonyl (C=O) groups is 2. The van der Waals surface area contributed by atoms with Gasteiger partial charge in [-0.15, -0.1) is 11.3 Å². The summed E-state index contributed by atoms with van der Waals surface area (Å²) in [5.41, 5.74) is 5.48. The number of nitrogens with one attached hydrogen (secondary N) is 1. The van der Waals surface area contributed by atoms with E-state index in [0.717, 1.165) is 11.3 Å². The molecule has 0 bridgehead atoms. The van der Waals surface area contributed by atoms with Gasteiger partial charge in [0.2, 0.25) is 5.91 Å². The van der Waals surface area contributed by atoms with Crippen molar-refractivity contribution in [3.05, 3.63) is 15.6 Å². The van der Waals surface area contributed by atoms with Gasteiger partial charge in [-0.3, -0.25) is 4.79 Å². The van der Waals surface area contributed by atoms with Crippen molar-refractivity contribution < 1.29 is 14.7 Å². The molecule has 2 rings (SSSR count). The summed E-state index contributed by atoms with van der Waals surface area (Å²) in [6, 6.07) is 0. The van der Waals surface area contributed by atoms with E-state index in [4.69, 9.17) is 10.8 Å². The van der Waals surface area contributed by atoms with Gasteiger partial charge in [0, 0.05) is 0 Å². The van der Waals surface area contributed by atoms with Crippen LogP contribution in [-0.2, 0) is 11.3 Å². The Morgan fingerprint density at radius 2 is 2.24 bits per heavy atom. The molecule has 1 aromatic rings. The Labute approximate surface area is 102 Å². The van der Waals surface area contributed by atoms with Crippen LogP contribution in [-0.4, -0.2) is 27.5 Å². The summed E-state index contributed by atoms with van der Waals surface area (Å²) >= 11 is 1.07. The summed E-state index contributed by atoms with van der Waals surface area (Å²) in [6.07, 6.45) is 1.41. The average molecular weight is 255 g/mol. The number of aryl methyl sites for hydroxylation is 1. The number of carboxylic acids is 1. The highest BCUT2D eigenvalue weighted by molar-refractivity contribution is 7.13. The third-order valence-electron chi connectivity index (χ3n) is 2.68. The Bertz CT molecular complexity index is 479. The van der Waals surface area contributed by atoms with E-state index in [0.29, 0.717) is 23.5 Å². The first-order chi connectivity index (χ1) is 7.92. The smallest absolute Gasteiger partial charge is 0.347 e. The monoisotopic (exact) mass is 255 g/mol. The lowest BCUT2D eigenvalue weighted by atomic mass is 10.3. The van der Waals surface area contributed by atoms with Gasteiger partial charge in [0.05, 0.1) is 17.8 Å². The van der Waals surface area contributed by atoms with Gasteiger partial charge in [0.25, 0.3) is 0 Å². The highest BCUT2D eigenvalue weighted by atomic mass is 32.1. The van der Waals surface area contributed by atoms with Crippen LogP contribution in [0.1, 0.15) is 33.2 Å². The van der Waals surface area contributed by atoms with E-state index in [2.05, 4.69) is 10.3 Å². The fourth-order valence-corrected chi connectivity index (χ4v) is 2.26. The molecule has 17 heavy (non-hydrogen) atoms. The largest absolute Gasteiger partial charge is 0.477 e. The minimum absolute atomic E-state index is 0.192. The first-order valence-corrected chi connectivity index (χ1v) is 6.01. The van der Waals surface area contributed by atoms with Gasteiger partial charge in [-0.25, -0.2) is 9.78 Å². The van der Waals surface area contributed by atoms with Crippen LogP contribution in [0.2, 0.25) is 0 Å². The van der Waals surface area contributed by atoms with E-state index < -0.39 is 11.5 Å². The summed E-state index contributed by atoms with van der Waals surface area (Å²) in [7, 11) is 0. The second-order valence-corrected chi connectivity index (χ2v) is 5.25. The Morgan fingerprint density at radius 1 is 1.59 bits per heavy atom. The summed E-state index contributed by atoms with van der Waals surface area (Å²) < 4.78 is 0. The van der Waals surface area contributed by atoms with E-state index >= 15 is 0 Å². The van der Waals surface area contributed by atoms with Crippen LogP contribution in [0.25, 0.3) is 0 Å². The Hall–Kier alpha value is -1.47. The number of carboxylic acid groups (broad SMARTS) is 1. The van der Waals surface area contributed by atoms with Crippen molar-refractivity contribution in [1.29, 1.82) is 0 Å². The molecule has 7 heteroatoms. The molecule has 0 saturated heterocycles. The molecule has 4 N–H and O–H groups in total. The van der Waals surface area contributed by atoms with E-state index in [-0.39, 0.29) is 17.3 Å². The molecule has 0 aromatic carbocycles.